The molecule has 0 spiro atoms. The fourth-order valence-electron chi connectivity index (χ4n) is 2.48. The number of H-pyrrole nitrogens is 1. The third-order valence-corrected chi connectivity index (χ3v) is 4.52. The Morgan fingerprint density at radius 3 is 2.48 bits per heavy atom. The van der Waals surface area contributed by atoms with Gasteiger partial charge in [-0.1, -0.05) is 65.7 Å². The molecule has 5 heteroatoms. The number of hydrogen-bond acceptors (Lipinski definition) is 1. The van der Waals surface area contributed by atoms with Gasteiger partial charge >= 0.3 is 0 Å². The molecule has 2 aromatic carbocycles. The maximum absolute atomic E-state index is 12.6. The molecular formula is C18H16Cl2N2O. The predicted molar refractivity (Wildman–Crippen MR) is 94.6 cm³/mol. The van der Waals surface area contributed by atoms with Crippen molar-refractivity contribution in [2.24, 2.45) is 0 Å². The summed E-state index contributed by atoms with van der Waals surface area (Å²) in [6, 6.07) is 15.6. The average molecular weight is 347 g/mol. The number of aromatic nitrogens is 2. The van der Waals surface area contributed by atoms with Gasteiger partial charge in [-0.3, -0.25) is 9.89 Å². The minimum atomic E-state index is -0.101. The Morgan fingerprint density at radius 2 is 1.78 bits per heavy atom. The van der Waals surface area contributed by atoms with E-state index in [0.29, 0.717) is 28.7 Å². The molecule has 118 valence electrons. The summed E-state index contributed by atoms with van der Waals surface area (Å²) in [5.74, 6) is 0. The third-order valence-electron chi connectivity index (χ3n) is 3.80. The molecule has 0 amide bonds. The summed E-state index contributed by atoms with van der Waals surface area (Å²) in [5, 5.41) is 4.02. The minimum Gasteiger partial charge on any atom is -0.284 e. The molecule has 23 heavy (non-hydrogen) atoms. The highest BCUT2D eigenvalue weighted by Gasteiger charge is 2.13. The van der Waals surface area contributed by atoms with E-state index >= 15 is 0 Å². The molecule has 0 unspecified atom stereocenters. The molecule has 3 rings (SSSR count). The summed E-state index contributed by atoms with van der Waals surface area (Å²) >= 11 is 12.4. The molecule has 0 aliphatic rings. The van der Waals surface area contributed by atoms with E-state index in [0.717, 1.165) is 16.7 Å². The lowest BCUT2D eigenvalue weighted by Crippen LogP contribution is -2.20. The molecule has 0 saturated carbocycles. The lowest BCUT2D eigenvalue weighted by Gasteiger charge is -2.04. The first kappa shape index (κ1) is 15.9. The second-order valence-electron chi connectivity index (χ2n) is 5.54. The number of aromatic amines is 1. The largest absolute Gasteiger partial charge is 0.284 e. The van der Waals surface area contributed by atoms with Gasteiger partial charge in [0.15, 0.2) is 0 Å². The van der Waals surface area contributed by atoms with Crippen LogP contribution in [0.1, 0.15) is 22.3 Å². The molecule has 3 aromatic rings. The van der Waals surface area contributed by atoms with Crippen LogP contribution in [-0.2, 0) is 13.0 Å². The molecular weight excluding hydrogens is 331 g/mol. The van der Waals surface area contributed by atoms with Crippen LogP contribution in [0.2, 0.25) is 10.2 Å². The van der Waals surface area contributed by atoms with Crippen LogP contribution >= 0.6 is 23.2 Å². The second kappa shape index (κ2) is 6.65. The van der Waals surface area contributed by atoms with Crippen LogP contribution in [0.15, 0.2) is 53.3 Å². The smallest absolute Gasteiger partial charge is 0.271 e. The first-order valence-electron chi connectivity index (χ1n) is 7.30. The molecule has 1 heterocycles. The lowest BCUT2D eigenvalue weighted by atomic mass is 10.1. The van der Waals surface area contributed by atoms with Crippen LogP contribution in [0.5, 0.6) is 0 Å². The molecule has 0 radical (unpaired) electrons. The van der Waals surface area contributed by atoms with Crippen molar-refractivity contribution in [1.82, 2.24) is 9.78 Å². The van der Waals surface area contributed by atoms with Crippen molar-refractivity contribution >= 4 is 23.2 Å². The van der Waals surface area contributed by atoms with Crippen LogP contribution in [0, 0.1) is 6.92 Å². The molecule has 0 aliphatic heterocycles. The van der Waals surface area contributed by atoms with Gasteiger partial charge in [0.25, 0.3) is 5.56 Å². The van der Waals surface area contributed by atoms with E-state index in [2.05, 4.69) is 5.10 Å². The molecule has 3 nitrogen and oxygen atoms in total. The van der Waals surface area contributed by atoms with Crippen molar-refractivity contribution in [3.05, 3.63) is 91.3 Å². The molecule has 1 N–H and O–H groups in total. The molecule has 0 atom stereocenters. The van der Waals surface area contributed by atoms with Crippen molar-refractivity contribution < 1.29 is 0 Å². The quantitative estimate of drug-likeness (QED) is 0.745. The monoisotopic (exact) mass is 346 g/mol. The highest BCUT2D eigenvalue weighted by molar-refractivity contribution is 6.31. The Morgan fingerprint density at radius 1 is 1.04 bits per heavy atom. The molecule has 0 saturated heterocycles. The van der Waals surface area contributed by atoms with Gasteiger partial charge in [0, 0.05) is 11.4 Å². The predicted octanol–water partition coefficient (Wildman–Crippen LogP) is 4.43. The molecule has 0 fully saturated rings. The highest BCUT2D eigenvalue weighted by atomic mass is 35.5. The van der Waals surface area contributed by atoms with Gasteiger partial charge in [0.05, 0.1) is 12.1 Å². The molecule has 0 bridgehead atoms. The summed E-state index contributed by atoms with van der Waals surface area (Å²) < 4.78 is 1.52. The summed E-state index contributed by atoms with van der Waals surface area (Å²) in [6.45, 7) is 2.36. The Bertz CT molecular complexity index is 882. The fraction of sp³-hybridized carbons (Fsp3) is 0.167. The van der Waals surface area contributed by atoms with Crippen LogP contribution < -0.4 is 5.56 Å². The van der Waals surface area contributed by atoms with Crippen LogP contribution in [0.3, 0.4) is 0 Å². The number of nitrogens with one attached hydrogen (secondary N) is 1. The molecule has 1 aromatic heterocycles. The van der Waals surface area contributed by atoms with E-state index < -0.39 is 0 Å². The number of nitrogens with zero attached hydrogens (tertiary/aromatic N) is 1. The summed E-state index contributed by atoms with van der Waals surface area (Å²) in [5.41, 5.74) is 3.49. The fourth-order valence-corrected chi connectivity index (χ4v) is 2.93. The average Bonchev–Trinajstić information content (AvgIpc) is 2.80. The Hall–Kier alpha value is -1.97. The van der Waals surface area contributed by atoms with Gasteiger partial charge < -0.3 is 0 Å². The zero-order chi connectivity index (χ0) is 16.4. The highest BCUT2D eigenvalue weighted by Crippen LogP contribution is 2.18. The van der Waals surface area contributed by atoms with Gasteiger partial charge in [-0.2, -0.15) is 0 Å². The Labute approximate surface area is 144 Å². The lowest BCUT2D eigenvalue weighted by molar-refractivity contribution is 0.662. The summed E-state index contributed by atoms with van der Waals surface area (Å²) in [7, 11) is 0. The van der Waals surface area contributed by atoms with Crippen molar-refractivity contribution in [1.29, 1.82) is 0 Å². The maximum Gasteiger partial charge on any atom is 0.271 e. The Kier molecular flexibility index (Phi) is 4.60. The van der Waals surface area contributed by atoms with Crippen molar-refractivity contribution in [3.8, 4) is 0 Å². The normalized spacial score (nSPS) is 10.9. The summed E-state index contributed by atoms with van der Waals surface area (Å²) in [6.07, 6.45) is 0.511. The van der Waals surface area contributed by atoms with E-state index in [1.54, 1.807) is 0 Å². The van der Waals surface area contributed by atoms with E-state index in [4.69, 9.17) is 23.2 Å². The van der Waals surface area contributed by atoms with E-state index in [1.807, 2.05) is 55.5 Å². The van der Waals surface area contributed by atoms with Gasteiger partial charge in [-0.25, -0.2) is 4.68 Å². The number of halogens is 2. The number of benzene rings is 2. The van der Waals surface area contributed by atoms with Crippen molar-refractivity contribution in [2.75, 3.05) is 0 Å². The first-order chi connectivity index (χ1) is 11.0. The van der Waals surface area contributed by atoms with Crippen molar-refractivity contribution in [2.45, 2.75) is 19.9 Å². The van der Waals surface area contributed by atoms with Gasteiger partial charge in [0.2, 0.25) is 0 Å². The standard InChI is InChI=1S/C18H16Cl2N2O/c1-12-7-8-14(10-16(12)19)11-22-18(23)15(17(20)21-22)9-13-5-3-2-4-6-13/h2-8,10,21H,9,11H2,1H3. The van der Waals surface area contributed by atoms with Gasteiger partial charge in [0.1, 0.15) is 5.15 Å². The van der Waals surface area contributed by atoms with E-state index in [1.165, 1.54) is 4.68 Å². The number of aryl methyl sites for hydroxylation is 1. The van der Waals surface area contributed by atoms with Crippen LogP contribution in [0.25, 0.3) is 0 Å². The Balaban J connectivity index is 1.88. The van der Waals surface area contributed by atoms with Crippen LogP contribution in [0.4, 0.5) is 0 Å². The second-order valence-corrected chi connectivity index (χ2v) is 6.33. The SMILES string of the molecule is Cc1ccc(Cn2[nH]c(Cl)c(Cc3ccccc3)c2=O)cc1Cl. The van der Waals surface area contributed by atoms with Crippen molar-refractivity contribution in [3.63, 3.8) is 0 Å². The maximum atomic E-state index is 12.6. The number of rotatable bonds is 4. The van der Waals surface area contributed by atoms with Gasteiger partial charge in [-0.15, -0.1) is 0 Å². The minimum absolute atomic E-state index is 0.101. The summed E-state index contributed by atoms with van der Waals surface area (Å²) in [4.78, 5) is 12.6. The first-order valence-corrected chi connectivity index (χ1v) is 8.06. The number of hydrogen-bond donors (Lipinski definition) is 1. The van der Waals surface area contributed by atoms with E-state index in [-0.39, 0.29) is 5.56 Å². The zero-order valence-corrected chi connectivity index (χ0v) is 14.2. The topological polar surface area (TPSA) is 37.8 Å². The van der Waals surface area contributed by atoms with Crippen LogP contribution in [-0.4, -0.2) is 9.78 Å². The van der Waals surface area contributed by atoms with E-state index in [9.17, 15) is 4.79 Å². The molecule has 0 aliphatic carbocycles. The zero-order valence-electron chi connectivity index (χ0n) is 12.6. The third kappa shape index (κ3) is 3.52. The van der Waals surface area contributed by atoms with Gasteiger partial charge in [-0.05, 0) is 29.7 Å².